The van der Waals surface area contributed by atoms with Crippen LogP contribution in [0.3, 0.4) is 0 Å². The molecule has 0 unspecified atom stereocenters. The second kappa shape index (κ2) is 15.4. The van der Waals surface area contributed by atoms with Crippen LogP contribution in [-0.4, -0.2) is 60.7 Å². The number of hydrogen-bond donors (Lipinski definition) is 5. The number of anilines is 1. The minimum Gasteiger partial charge on any atom is -0.478 e. The molecule has 0 atom stereocenters. The van der Waals surface area contributed by atoms with Crippen LogP contribution in [0.1, 0.15) is 66.0 Å². The SMILES string of the molecule is CC1(C)C(=CC=C(C=CC2=[N+](Cc3ccccc3B(O)O)c3ccccc3C2(C)C)c2ccc(C(=O)O)cn2)N(Cc2ccccc2B(O)O)c2ccccc21. The summed E-state index contributed by atoms with van der Waals surface area (Å²) in [6.07, 6.45) is 9.50. The summed E-state index contributed by atoms with van der Waals surface area (Å²) in [7, 11) is -3.24. The van der Waals surface area contributed by atoms with Crippen molar-refractivity contribution in [3.05, 3.63) is 179 Å². The Labute approximate surface area is 327 Å². The number of nitrogens with zero attached hydrogens (tertiary/aromatic N) is 3. The third-order valence-corrected chi connectivity index (χ3v) is 11.1. The third kappa shape index (κ3) is 7.18. The minimum atomic E-state index is -1.62. The molecule has 0 spiro atoms. The van der Waals surface area contributed by atoms with Gasteiger partial charge in [0.2, 0.25) is 5.69 Å². The molecule has 4 aromatic carbocycles. The third-order valence-electron chi connectivity index (χ3n) is 11.1. The Kier molecular flexibility index (Phi) is 10.5. The Balaban J connectivity index is 1.38. The Morgan fingerprint density at radius 3 is 2.02 bits per heavy atom. The van der Waals surface area contributed by atoms with Gasteiger partial charge in [0.05, 0.1) is 16.7 Å². The molecule has 2 aliphatic heterocycles. The van der Waals surface area contributed by atoms with Crippen LogP contribution >= 0.6 is 0 Å². The van der Waals surface area contributed by atoms with Gasteiger partial charge in [-0.25, -0.2) is 4.79 Å². The lowest BCUT2D eigenvalue weighted by Gasteiger charge is -2.28. The monoisotopic (exact) mass is 744 g/mol. The number of rotatable bonds is 11. The van der Waals surface area contributed by atoms with Crippen molar-refractivity contribution in [3.63, 3.8) is 0 Å². The first-order valence-electron chi connectivity index (χ1n) is 18.6. The van der Waals surface area contributed by atoms with E-state index in [2.05, 4.69) is 78.6 Å². The van der Waals surface area contributed by atoms with Crippen LogP contribution in [-0.2, 0) is 23.9 Å². The van der Waals surface area contributed by atoms with Crippen molar-refractivity contribution in [1.29, 1.82) is 0 Å². The van der Waals surface area contributed by atoms with E-state index in [4.69, 9.17) is 0 Å². The maximum Gasteiger partial charge on any atom is 0.488 e. The van der Waals surface area contributed by atoms with Gasteiger partial charge in [0.25, 0.3) is 0 Å². The van der Waals surface area contributed by atoms with Crippen molar-refractivity contribution >= 4 is 53.8 Å². The Bertz CT molecular complexity index is 2430. The molecule has 0 radical (unpaired) electrons. The lowest BCUT2D eigenvalue weighted by Crippen LogP contribution is -2.36. The number of carbonyl (C=O) groups is 1. The van der Waals surface area contributed by atoms with Crippen molar-refractivity contribution in [3.8, 4) is 0 Å². The zero-order chi connectivity index (χ0) is 39.8. The molecule has 5 N–H and O–H groups in total. The largest absolute Gasteiger partial charge is 0.488 e. The van der Waals surface area contributed by atoms with E-state index in [0.717, 1.165) is 50.6 Å². The lowest BCUT2D eigenvalue weighted by atomic mass is 9.77. The molecule has 0 aliphatic carbocycles. The average molecular weight is 744 g/mol. The number of para-hydroxylation sites is 2. The van der Waals surface area contributed by atoms with Gasteiger partial charge in [0, 0.05) is 58.4 Å². The van der Waals surface area contributed by atoms with Crippen molar-refractivity contribution in [1.82, 2.24) is 4.98 Å². The van der Waals surface area contributed by atoms with Crippen LogP contribution in [0.5, 0.6) is 0 Å². The summed E-state index contributed by atoms with van der Waals surface area (Å²) < 4.78 is 2.20. The first kappa shape index (κ1) is 38.4. The van der Waals surface area contributed by atoms with Crippen LogP contribution in [0, 0.1) is 0 Å². The van der Waals surface area contributed by atoms with E-state index in [1.807, 2.05) is 60.7 Å². The Morgan fingerprint density at radius 1 is 0.750 bits per heavy atom. The second-order valence-electron chi connectivity index (χ2n) is 15.2. The van der Waals surface area contributed by atoms with Gasteiger partial charge in [-0.1, -0.05) is 105 Å². The van der Waals surface area contributed by atoms with E-state index < -0.39 is 31.0 Å². The molecule has 0 saturated heterocycles. The quantitative estimate of drug-likeness (QED) is 0.0705. The zero-order valence-corrected chi connectivity index (χ0v) is 31.8. The highest BCUT2D eigenvalue weighted by Gasteiger charge is 2.44. The first-order chi connectivity index (χ1) is 26.8. The summed E-state index contributed by atoms with van der Waals surface area (Å²) in [5.74, 6) is -1.06. The highest BCUT2D eigenvalue weighted by atomic mass is 16.4. The van der Waals surface area contributed by atoms with Gasteiger partial charge in [0.15, 0.2) is 12.3 Å². The highest BCUT2D eigenvalue weighted by molar-refractivity contribution is 6.59. The molecule has 11 heteroatoms. The van der Waals surface area contributed by atoms with Gasteiger partial charge in [-0.05, 0) is 66.3 Å². The number of fused-ring (bicyclic) bond motifs is 2. The average Bonchev–Trinajstić information content (AvgIpc) is 3.53. The molecule has 3 heterocycles. The number of aromatic nitrogens is 1. The van der Waals surface area contributed by atoms with Crippen molar-refractivity contribution in [2.75, 3.05) is 4.90 Å². The fourth-order valence-corrected chi connectivity index (χ4v) is 8.08. The maximum absolute atomic E-state index is 11.8. The summed E-state index contributed by atoms with van der Waals surface area (Å²) in [5.41, 5.74) is 9.24. The predicted octanol–water partition coefficient (Wildman–Crippen LogP) is 5.24. The molecule has 0 amide bonds. The number of hydrogen-bond acceptors (Lipinski definition) is 7. The fourth-order valence-electron chi connectivity index (χ4n) is 8.08. The molecule has 56 heavy (non-hydrogen) atoms. The Morgan fingerprint density at radius 2 is 1.36 bits per heavy atom. The van der Waals surface area contributed by atoms with Gasteiger partial charge in [0.1, 0.15) is 0 Å². The van der Waals surface area contributed by atoms with E-state index in [1.165, 1.54) is 6.20 Å². The smallest absolute Gasteiger partial charge is 0.478 e. The molecule has 7 rings (SSSR count). The van der Waals surface area contributed by atoms with E-state index in [9.17, 15) is 30.0 Å². The molecular formula is C45H44B2N3O6+. The molecular weight excluding hydrogens is 700 g/mol. The van der Waals surface area contributed by atoms with E-state index in [1.54, 1.807) is 36.4 Å². The summed E-state index contributed by atoms with van der Waals surface area (Å²) in [6.45, 7) is 9.46. The van der Waals surface area contributed by atoms with Gasteiger partial charge >= 0.3 is 20.2 Å². The highest BCUT2D eigenvalue weighted by Crippen LogP contribution is 2.48. The topological polar surface area (TPSA) is 137 Å². The normalized spacial score (nSPS) is 16.4. The molecule has 0 fully saturated rings. The zero-order valence-electron chi connectivity index (χ0n) is 31.8. The minimum absolute atomic E-state index is 0.0800. The van der Waals surface area contributed by atoms with Crippen molar-refractivity contribution in [2.45, 2.75) is 51.6 Å². The predicted molar refractivity (Wildman–Crippen MR) is 223 cm³/mol. The lowest BCUT2D eigenvalue weighted by molar-refractivity contribution is -0.454. The molecule has 0 saturated carbocycles. The Hall–Kier alpha value is -5.84. The molecule has 0 bridgehead atoms. The molecule has 2 aliphatic rings. The van der Waals surface area contributed by atoms with E-state index >= 15 is 0 Å². The summed E-state index contributed by atoms with van der Waals surface area (Å²) in [5, 5.41) is 50.5. The van der Waals surface area contributed by atoms with Gasteiger partial charge in [-0.2, -0.15) is 4.58 Å². The summed E-state index contributed by atoms with van der Waals surface area (Å²) in [6, 6.07) is 34.3. The first-order valence-corrected chi connectivity index (χ1v) is 18.6. The number of carboxylic acids is 1. The number of allylic oxidation sites excluding steroid dienone is 6. The number of pyridine rings is 1. The van der Waals surface area contributed by atoms with Crippen LogP contribution < -0.4 is 15.8 Å². The fraction of sp³-hybridized carbons (Fsp3) is 0.178. The standard InChI is InChI=1S/C45H43B2N3O6/c1-44(2)34-15-7-11-19-39(34)49(28-32-13-5-9-17-36(32)46(53)54)41(44)25-22-30(38-24-21-31(27-48-38)43(51)52)23-26-42-45(3,4)35-16-8-12-20-40(35)50(42)29-33-14-6-10-18-37(33)47(55)56/h5-27,53-56H,28-29H2,1-4H3/p+1. The van der Waals surface area contributed by atoms with Gasteiger partial charge in [-0.15, -0.1) is 0 Å². The molecule has 5 aromatic rings. The second-order valence-corrected chi connectivity index (χ2v) is 15.2. The van der Waals surface area contributed by atoms with Crippen LogP contribution in [0.25, 0.3) is 5.57 Å². The van der Waals surface area contributed by atoms with Gasteiger partial charge < -0.3 is 30.1 Å². The molecule has 280 valence electrons. The summed E-state index contributed by atoms with van der Waals surface area (Å²) in [4.78, 5) is 18.6. The maximum atomic E-state index is 11.8. The summed E-state index contributed by atoms with van der Waals surface area (Å²) >= 11 is 0. The van der Waals surface area contributed by atoms with Crippen LogP contribution in [0.15, 0.2) is 145 Å². The number of aromatic carboxylic acids is 1. The van der Waals surface area contributed by atoms with E-state index in [-0.39, 0.29) is 5.56 Å². The van der Waals surface area contributed by atoms with Crippen molar-refractivity contribution in [2.24, 2.45) is 0 Å². The van der Waals surface area contributed by atoms with Crippen molar-refractivity contribution < 1.29 is 34.6 Å². The molecule has 1 aromatic heterocycles. The number of carboxylic acid groups (broad SMARTS) is 1. The van der Waals surface area contributed by atoms with E-state index in [0.29, 0.717) is 29.7 Å². The van der Waals surface area contributed by atoms with Crippen LogP contribution in [0.2, 0.25) is 0 Å². The van der Waals surface area contributed by atoms with Gasteiger partial charge in [-0.3, -0.25) is 4.98 Å². The number of benzene rings is 4. The molecule has 9 nitrogen and oxygen atoms in total. The van der Waals surface area contributed by atoms with Crippen LogP contribution in [0.4, 0.5) is 11.4 Å².